The fourth-order valence-corrected chi connectivity index (χ4v) is 4.49. The molecule has 0 bridgehead atoms. The molecule has 1 aromatic rings. The minimum Gasteiger partial charge on any atom is -0.480 e. The lowest BCUT2D eigenvalue weighted by molar-refractivity contribution is -0.145. The van der Waals surface area contributed by atoms with E-state index >= 15 is 0 Å². The molecule has 1 aromatic heterocycles. The summed E-state index contributed by atoms with van der Waals surface area (Å²) >= 11 is 1.56. The fourth-order valence-electron chi connectivity index (χ4n) is 4.00. The third-order valence-electron chi connectivity index (χ3n) is 5.96. The Morgan fingerprint density at radius 2 is 2.03 bits per heavy atom. The van der Waals surface area contributed by atoms with E-state index in [1.807, 2.05) is 6.26 Å². The number of carbonyl (C=O) groups is 4. The van der Waals surface area contributed by atoms with Gasteiger partial charge in [-0.15, -0.1) is 0 Å². The fraction of sp³-hybridized carbons (Fsp3) is 0.636. The molecule has 1 aliphatic rings. The molecule has 2 heterocycles. The number of carboxylic acid groups (broad SMARTS) is 1. The molecule has 3 amide bonds. The molecule has 1 fully saturated rings. The number of amides is 3. The van der Waals surface area contributed by atoms with Gasteiger partial charge < -0.3 is 42.8 Å². The number of nitrogens with one attached hydrogen (secondary N) is 3. The summed E-state index contributed by atoms with van der Waals surface area (Å²) in [5, 5.41) is 14.8. The van der Waals surface area contributed by atoms with Crippen molar-refractivity contribution in [3.05, 3.63) is 18.2 Å². The topological polar surface area (TPSA) is 235 Å². The zero-order valence-electron chi connectivity index (χ0n) is 20.9. The summed E-state index contributed by atoms with van der Waals surface area (Å²) < 4.78 is 0. The Morgan fingerprint density at radius 1 is 1.27 bits per heavy atom. The molecule has 15 heteroatoms. The van der Waals surface area contributed by atoms with Gasteiger partial charge in [-0.1, -0.05) is 0 Å². The number of rotatable bonds is 15. The SMILES string of the molecule is CSCCC(N)C(=O)NC(Cc1cnc[nH]1)C(=O)N1CCCC1C(=O)NC(CCCN=C(N)N)C(=O)O. The van der Waals surface area contributed by atoms with E-state index in [4.69, 9.17) is 17.2 Å². The molecular weight excluding hydrogens is 502 g/mol. The van der Waals surface area contributed by atoms with Gasteiger partial charge in [0.25, 0.3) is 0 Å². The van der Waals surface area contributed by atoms with Crippen molar-refractivity contribution in [3.8, 4) is 0 Å². The van der Waals surface area contributed by atoms with Crippen LogP contribution in [0.25, 0.3) is 0 Å². The van der Waals surface area contributed by atoms with Crippen LogP contribution in [0.3, 0.4) is 0 Å². The maximum Gasteiger partial charge on any atom is 0.326 e. The first-order valence-electron chi connectivity index (χ1n) is 12.0. The van der Waals surface area contributed by atoms with Crippen molar-refractivity contribution in [2.75, 3.05) is 25.1 Å². The zero-order chi connectivity index (χ0) is 27.4. The summed E-state index contributed by atoms with van der Waals surface area (Å²) in [4.78, 5) is 63.1. The van der Waals surface area contributed by atoms with E-state index < -0.39 is 47.9 Å². The van der Waals surface area contributed by atoms with Crippen LogP contribution in [-0.2, 0) is 25.6 Å². The maximum atomic E-state index is 13.6. The molecule has 10 N–H and O–H groups in total. The van der Waals surface area contributed by atoms with Gasteiger partial charge in [0.1, 0.15) is 18.1 Å². The van der Waals surface area contributed by atoms with Gasteiger partial charge in [0.15, 0.2) is 5.96 Å². The highest BCUT2D eigenvalue weighted by molar-refractivity contribution is 7.98. The monoisotopic (exact) mass is 539 g/mol. The van der Waals surface area contributed by atoms with Crippen LogP contribution in [0.1, 0.15) is 37.8 Å². The summed E-state index contributed by atoms with van der Waals surface area (Å²) in [6, 6.07) is -3.78. The second-order valence-electron chi connectivity index (χ2n) is 8.77. The molecule has 4 unspecified atom stereocenters. The third-order valence-corrected chi connectivity index (χ3v) is 6.61. The normalized spacial score (nSPS) is 17.5. The number of thioether (sulfide) groups is 1. The van der Waals surface area contributed by atoms with Gasteiger partial charge in [-0.2, -0.15) is 11.8 Å². The van der Waals surface area contributed by atoms with E-state index in [9.17, 15) is 24.3 Å². The van der Waals surface area contributed by atoms with Crippen molar-refractivity contribution in [2.45, 2.75) is 62.7 Å². The highest BCUT2D eigenvalue weighted by atomic mass is 32.2. The van der Waals surface area contributed by atoms with E-state index in [0.717, 1.165) is 0 Å². The number of aliphatic imine (C=N–C) groups is 1. The van der Waals surface area contributed by atoms with Gasteiger partial charge in [0.2, 0.25) is 17.7 Å². The van der Waals surface area contributed by atoms with Gasteiger partial charge in [-0.3, -0.25) is 19.4 Å². The highest BCUT2D eigenvalue weighted by Gasteiger charge is 2.39. The molecule has 206 valence electrons. The molecule has 0 aromatic carbocycles. The summed E-state index contributed by atoms with van der Waals surface area (Å²) in [7, 11) is 0. The average Bonchev–Trinajstić information content (AvgIpc) is 3.55. The van der Waals surface area contributed by atoms with E-state index in [1.54, 1.807) is 18.0 Å². The van der Waals surface area contributed by atoms with Gasteiger partial charge in [-0.05, 0) is 44.1 Å². The standard InChI is InChI=1S/C22H37N9O5S/c1-37-9-6-14(23)18(32)30-16(10-13-11-26-12-28-13)20(34)31-8-3-5-17(31)19(33)29-15(21(35)36)4-2-7-27-22(24)25/h11-12,14-17H,2-10,23H2,1H3,(H,26,28)(H,29,33)(H,30,32)(H,35,36)(H4,24,25,27). The number of likely N-dealkylation sites (tertiary alicyclic amines) is 1. The van der Waals surface area contributed by atoms with Crippen molar-refractivity contribution in [3.63, 3.8) is 0 Å². The molecule has 0 aliphatic carbocycles. The largest absolute Gasteiger partial charge is 0.480 e. The quantitative estimate of drug-likeness (QED) is 0.0744. The Kier molecular flexibility index (Phi) is 12.2. The van der Waals surface area contributed by atoms with Gasteiger partial charge >= 0.3 is 5.97 Å². The van der Waals surface area contributed by atoms with Crippen LogP contribution < -0.4 is 27.8 Å². The Labute approximate surface area is 219 Å². The van der Waals surface area contributed by atoms with Gasteiger partial charge in [-0.25, -0.2) is 9.78 Å². The van der Waals surface area contributed by atoms with Crippen molar-refractivity contribution >= 4 is 41.4 Å². The van der Waals surface area contributed by atoms with Crippen LogP contribution in [0, 0.1) is 0 Å². The predicted molar refractivity (Wildman–Crippen MR) is 139 cm³/mol. The Hall–Kier alpha value is -3.33. The minimum atomic E-state index is -1.20. The Bertz CT molecular complexity index is 939. The number of aliphatic carboxylic acids is 1. The summed E-state index contributed by atoms with van der Waals surface area (Å²) in [5.41, 5.74) is 17.2. The second-order valence-corrected chi connectivity index (χ2v) is 9.75. The lowest BCUT2D eigenvalue weighted by atomic mass is 10.1. The molecule has 4 atom stereocenters. The zero-order valence-corrected chi connectivity index (χ0v) is 21.7. The number of guanidine groups is 1. The summed E-state index contributed by atoms with van der Waals surface area (Å²) in [5.74, 6) is -2.08. The first kappa shape index (κ1) is 29.9. The first-order valence-corrected chi connectivity index (χ1v) is 13.4. The van der Waals surface area contributed by atoms with Crippen LogP contribution in [0.15, 0.2) is 17.5 Å². The van der Waals surface area contributed by atoms with Gasteiger partial charge in [0.05, 0.1) is 12.4 Å². The van der Waals surface area contributed by atoms with Crippen molar-refractivity contribution in [2.24, 2.45) is 22.2 Å². The number of carbonyl (C=O) groups excluding carboxylic acids is 3. The number of hydrogen-bond donors (Lipinski definition) is 7. The van der Waals surface area contributed by atoms with Crippen LogP contribution in [0.4, 0.5) is 0 Å². The lowest BCUT2D eigenvalue weighted by Gasteiger charge is -2.30. The minimum absolute atomic E-state index is 0.0991. The molecular formula is C22H37N9O5S. The molecule has 1 aliphatic heterocycles. The third kappa shape index (κ3) is 9.57. The maximum absolute atomic E-state index is 13.6. The number of H-pyrrole nitrogens is 1. The smallest absolute Gasteiger partial charge is 0.326 e. The van der Waals surface area contributed by atoms with Crippen molar-refractivity contribution < 1.29 is 24.3 Å². The van der Waals surface area contributed by atoms with Crippen LogP contribution in [0.2, 0.25) is 0 Å². The predicted octanol–water partition coefficient (Wildman–Crippen LogP) is -1.87. The molecule has 1 saturated heterocycles. The lowest BCUT2D eigenvalue weighted by Crippen LogP contribution is -2.57. The Balaban J connectivity index is 2.10. The number of nitrogens with two attached hydrogens (primary N) is 3. The molecule has 2 rings (SSSR count). The highest BCUT2D eigenvalue weighted by Crippen LogP contribution is 2.20. The summed E-state index contributed by atoms with van der Waals surface area (Å²) in [6.07, 6.45) is 6.90. The van der Waals surface area contributed by atoms with E-state index in [1.165, 1.54) is 11.2 Å². The van der Waals surface area contributed by atoms with Gasteiger partial charge in [0, 0.05) is 31.4 Å². The Morgan fingerprint density at radius 3 is 2.65 bits per heavy atom. The van der Waals surface area contributed by atoms with Crippen molar-refractivity contribution in [1.29, 1.82) is 0 Å². The number of nitrogens with zero attached hydrogens (tertiary/aromatic N) is 3. The molecule has 0 spiro atoms. The number of imidazole rings is 1. The summed E-state index contributed by atoms with van der Waals surface area (Å²) in [6.45, 7) is 0.525. The van der Waals surface area contributed by atoms with Crippen molar-refractivity contribution in [1.82, 2.24) is 25.5 Å². The molecule has 0 radical (unpaired) electrons. The average molecular weight is 540 g/mol. The van der Waals surface area contributed by atoms with E-state index in [-0.39, 0.29) is 25.3 Å². The van der Waals surface area contributed by atoms with E-state index in [0.29, 0.717) is 43.7 Å². The van der Waals surface area contributed by atoms with Crippen LogP contribution in [0.5, 0.6) is 0 Å². The first-order chi connectivity index (χ1) is 17.6. The number of aromatic nitrogens is 2. The van der Waals surface area contributed by atoms with Crippen LogP contribution in [-0.4, -0.2) is 98.9 Å². The van der Waals surface area contributed by atoms with E-state index in [2.05, 4.69) is 25.6 Å². The molecule has 0 saturated carbocycles. The molecule has 37 heavy (non-hydrogen) atoms. The number of aromatic amines is 1. The number of carboxylic acids is 1. The van der Waals surface area contributed by atoms with Crippen LogP contribution >= 0.6 is 11.8 Å². The molecule has 14 nitrogen and oxygen atoms in total. The second kappa shape index (κ2) is 15.0. The number of hydrogen-bond acceptors (Lipinski definition) is 8.